The summed E-state index contributed by atoms with van der Waals surface area (Å²) >= 11 is 3.48. The van der Waals surface area contributed by atoms with E-state index in [9.17, 15) is 9.59 Å². The molecule has 4 rings (SSSR count). The molecule has 2 aromatic rings. The Morgan fingerprint density at radius 2 is 1.73 bits per heavy atom. The number of nitrogens with one attached hydrogen (secondary N) is 1. The number of anilines is 1. The topological polar surface area (TPSA) is 52.7 Å². The number of hydrogen-bond donors (Lipinski definition) is 1. The Labute approximate surface area is 186 Å². The van der Waals surface area contributed by atoms with Crippen molar-refractivity contribution in [2.45, 2.75) is 38.1 Å². The predicted octanol–water partition coefficient (Wildman–Crippen LogP) is 4.15. The maximum absolute atomic E-state index is 12.8. The Morgan fingerprint density at radius 1 is 1.07 bits per heavy atom. The summed E-state index contributed by atoms with van der Waals surface area (Å²) in [5, 5.41) is 3.05. The SMILES string of the molecule is Cc1ccc(C(=O)CCCN2CCC3(CC2)C(=O)NCN3c2ccc(Br)cc2)cc1. The van der Waals surface area contributed by atoms with Crippen LogP contribution >= 0.6 is 15.9 Å². The van der Waals surface area contributed by atoms with Crippen LogP contribution in [-0.4, -0.2) is 48.4 Å². The first-order valence-electron chi connectivity index (χ1n) is 10.6. The smallest absolute Gasteiger partial charge is 0.247 e. The van der Waals surface area contributed by atoms with Crippen molar-refractivity contribution in [3.63, 3.8) is 0 Å². The fourth-order valence-corrected chi connectivity index (χ4v) is 4.80. The number of nitrogens with zero attached hydrogens (tertiary/aromatic N) is 2. The van der Waals surface area contributed by atoms with E-state index in [-0.39, 0.29) is 11.7 Å². The highest BCUT2D eigenvalue weighted by Crippen LogP contribution is 2.36. The molecule has 158 valence electrons. The van der Waals surface area contributed by atoms with Crippen LogP contribution in [0.2, 0.25) is 0 Å². The molecule has 0 aromatic heterocycles. The number of ketones is 1. The molecule has 0 saturated carbocycles. The molecule has 2 heterocycles. The second-order valence-electron chi connectivity index (χ2n) is 8.33. The molecule has 2 aliphatic rings. The summed E-state index contributed by atoms with van der Waals surface area (Å²) in [5.74, 6) is 0.347. The zero-order chi connectivity index (χ0) is 21.1. The zero-order valence-electron chi connectivity index (χ0n) is 17.4. The molecule has 0 atom stereocenters. The van der Waals surface area contributed by atoms with Gasteiger partial charge >= 0.3 is 0 Å². The highest BCUT2D eigenvalue weighted by atomic mass is 79.9. The van der Waals surface area contributed by atoms with Gasteiger partial charge in [0.15, 0.2) is 5.78 Å². The molecule has 5 nitrogen and oxygen atoms in total. The molecule has 2 aromatic carbocycles. The van der Waals surface area contributed by atoms with E-state index >= 15 is 0 Å². The normalized spacial score (nSPS) is 18.6. The number of benzene rings is 2. The van der Waals surface area contributed by atoms with Crippen LogP contribution in [0.3, 0.4) is 0 Å². The number of carbonyl (C=O) groups is 2. The maximum Gasteiger partial charge on any atom is 0.247 e. The number of aryl methyl sites for hydroxylation is 1. The quantitative estimate of drug-likeness (QED) is 0.645. The van der Waals surface area contributed by atoms with Gasteiger partial charge in [0, 0.05) is 35.2 Å². The number of halogens is 1. The minimum atomic E-state index is -0.456. The second-order valence-corrected chi connectivity index (χ2v) is 9.25. The van der Waals surface area contributed by atoms with Gasteiger partial charge in [-0.25, -0.2) is 0 Å². The number of likely N-dealkylation sites (tertiary alicyclic amines) is 1. The minimum absolute atomic E-state index is 0.139. The van der Waals surface area contributed by atoms with Gasteiger partial charge in [0.2, 0.25) is 5.91 Å². The number of rotatable bonds is 6. The molecule has 1 N–H and O–H groups in total. The average Bonchev–Trinajstić information content (AvgIpc) is 3.06. The van der Waals surface area contributed by atoms with E-state index < -0.39 is 5.54 Å². The van der Waals surface area contributed by atoms with E-state index in [1.54, 1.807) is 0 Å². The number of Topliss-reactive ketones (excluding diaryl/α,β-unsaturated/α-hetero) is 1. The summed E-state index contributed by atoms with van der Waals surface area (Å²) in [6, 6.07) is 16.0. The number of carbonyl (C=O) groups excluding carboxylic acids is 2. The molecule has 0 radical (unpaired) electrons. The first-order chi connectivity index (χ1) is 14.5. The summed E-state index contributed by atoms with van der Waals surface area (Å²) in [6.07, 6.45) is 3.03. The van der Waals surface area contributed by atoms with E-state index in [4.69, 9.17) is 0 Å². The van der Waals surface area contributed by atoms with Crippen LogP contribution in [-0.2, 0) is 4.79 Å². The Bertz CT molecular complexity index is 903. The highest BCUT2D eigenvalue weighted by Gasteiger charge is 2.50. The molecule has 2 fully saturated rings. The van der Waals surface area contributed by atoms with Gasteiger partial charge in [-0.05, 0) is 57.0 Å². The third-order valence-corrected chi connectivity index (χ3v) is 6.94. The van der Waals surface area contributed by atoms with Crippen molar-refractivity contribution >= 4 is 33.3 Å². The van der Waals surface area contributed by atoms with Gasteiger partial charge in [0.25, 0.3) is 0 Å². The van der Waals surface area contributed by atoms with Gasteiger partial charge in [-0.15, -0.1) is 0 Å². The van der Waals surface area contributed by atoms with Crippen molar-refractivity contribution in [3.8, 4) is 0 Å². The van der Waals surface area contributed by atoms with E-state index in [1.165, 1.54) is 5.56 Å². The van der Waals surface area contributed by atoms with Gasteiger partial charge < -0.3 is 15.1 Å². The summed E-state index contributed by atoms with van der Waals surface area (Å²) in [7, 11) is 0. The summed E-state index contributed by atoms with van der Waals surface area (Å²) < 4.78 is 1.04. The molecule has 30 heavy (non-hydrogen) atoms. The van der Waals surface area contributed by atoms with Crippen LogP contribution < -0.4 is 10.2 Å². The lowest BCUT2D eigenvalue weighted by atomic mass is 9.85. The van der Waals surface area contributed by atoms with Crippen molar-refractivity contribution < 1.29 is 9.59 Å². The van der Waals surface area contributed by atoms with Crippen LogP contribution in [0.25, 0.3) is 0 Å². The molecule has 0 unspecified atom stereocenters. The third-order valence-electron chi connectivity index (χ3n) is 6.41. The number of amides is 1. The first kappa shape index (κ1) is 21.1. The Hall–Kier alpha value is -2.18. The summed E-state index contributed by atoms with van der Waals surface area (Å²) in [6.45, 7) is 5.23. The Morgan fingerprint density at radius 3 is 2.40 bits per heavy atom. The van der Waals surface area contributed by atoms with Crippen LogP contribution in [0.15, 0.2) is 53.0 Å². The lowest BCUT2D eigenvalue weighted by Gasteiger charge is -2.43. The van der Waals surface area contributed by atoms with E-state index in [0.29, 0.717) is 13.1 Å². The lowest BCUT2D eigenvalue weighted by Crippen LogP contribution is -2.56. The predicted molar refractivity (Wildman–Crippen MR) is 123 cm³/mol. The molecular weight excluding hydrogens is 442 g/mol. The zero-order valence-corrected chi connectivity index (χ0v) is 19.0. The number of piperidine rings is 1. The Balaban J connectivity index is 1.31. The molecular formula is C24H28BrN3O2. The van der Waals surface area contributed by atoms with Crippen molar-refractivity contribution in [1.29, 1.82) is 0 Å². The molecule has 2 saturated heterocycles. The van der Waals surface area contributed by atoms with E-state index in [2.05, 4.69) is 43.2 Å². The standard InChI is InChI=1S/C24H28BrN3O2/c1-18-4-6-19(7-5-18)22(29)3-2-14-27-15-12-24(13-16-27)23(30)26-17-28(24)21-10-8-20(25)9-11-21/h4-11H,2-3,12-17H2,1H3,(H,26,30). The van der Waals surface area contributed by atoms with Gasteiger partial charge in [0.05, 0.1) is 6.67 Å². The van der Waals surface area contributed by atoms with Crippen molar-refractivity contribution in [1.82, 2.24) is 10.2 Å². The Kier molecular flexibility index (Phi) is 6.25. The fourth-order valence-electron chi connectivity index (χ4n) is 4.54. The van der Waals surface area contributed by atoms with Crippen molar-refractivity contribution in [3.05, 3.63) is 64.1 Å². The third kappa shape index (κ3) is 4.30. The summed E-state index contributed by atoms with van der Waals surface area (Å²) in [4.78, 5) is 29.8. The second kappa shape index (κ2) is 8.90. The van der Waals surface area contributed by atoms with Crippen LogP contribution in [0.5, 0.6) is 0 Å². The lowest BCUT2D eigenvalue weighted by molar-refractivity contribution is -0.125. The minimum Gasteiger partial charge on any atom is -0.339 e. The van der Waals surface area contributed by atoms with Crippen LogP contribution in [0.1, 0.15) is 41.6 Å². The van der Waals surface area contributed by atoms with Crippen LogP contribution in [0.4, 0.5) is 5.69 Å². The van der Waals surface area contributed by atoms with Gasteiger partial charge in [0.1, 0.15) is 5.54 Å². The van der Waals surface area contributed by atoms with Gasteiger partial charge in [-0.3, -0.25) is 9.59 Å². The molecule has 0 bridgehead atoms. The average molecular weight is 470 g/mol. The number of hydrogen-bond acceptors (Lipinski definition) is 4. The maximum atomic E-state index is 12.8. The van der Waals surface area contributed by atoms with Crippen molar-refractivity contribution in [2.75, 3.05) is 31.2 Å². The summed E-state index contributed by atoms with van der Waals surface area (Å²) in [5.41, 5.74) is 2.59. The molecule has 1 spiro atoms. The van der Waals surface area contributed by atoms with Gasteiger partial charge in [-0.1, -0.05) is 45.8 Å². The van der Waals surface area contributed by atoms with E-state index in [1.807, 2.05) is 43.3 Å². The van der Waals surface area contributed by atoms with Crippen LogP contribution in [0, 0.1) is 6.92 Å². The molecule has 0 aliphatic carbocycles. The van der Waals surface area contributed by atoms with Gasteiger partial charge in [-0.2, -0.15) is 0 Å². The first-order valence-corrected chi connectivity index (χ1v) is 11.4. The van der Waals surface area contributed by atoms with E-state index in [0.717, 1.165) is 54.6 Å². The molecule has 2 aliphatic heterocycles. The largest absolute Gasteiger partial charge is 0.339 e. The monoisotopic (exact) mass is 469 g/mol. The van der Waals surface area contributed by atoms with Crippen molar-refractivity contribution in [2.24, 2.45) is 0 Å². The fraction of sp³-hybridized carbons (Fsp3) is 0.417. The molecule has 1 amide bonds. The highest BCUT2D eigenvalue weighted by molar-refractivity contribution is 9.10. The molecule has 6 heteroatoms.